The quantitative estimate of drug-likeness (QED) is 0.855. The normalized spacial score (nSPS) is 19.6. The molecule has 118 valence electrons. The number of hydrogen-bond donors (Lipinski definition) is 1. The highest BCUT2D eigenvalue weighted by atomic mass is 79.9. The first-order valence-electron chi connectivity index (χ1n) is 6.83. The number of hydrogen-bond acceptors (Lipinski definition) is 4. The lowest BCUT2D eigenvalue weighted by Gasteiger charge is -2.36. The molecular formula is C14H21BrN2O2S2. The Morgan fingerprint density at radius 1 is 1.43 bits per heavy atom. The number of rotatable bonds is 4. The second kappa shape index (κ2) is 6.58. The number of nitrogens with zero attached hydrogens (tertiary/aromatic N) is 1. The molecule has 1 aliphatic rings. The largest absolute Gasteiger partial charge is 0.316 e. The molecule has 0 atom stereocenters. The van der Waals surface area contributed by atoms with Crippen LogP contribution in [0.2, 0.25) is 0 Å². The van der Waals surface area contributed by atoms with E-state index in [-0.39, 0.29) is 4.75 Å². The molecule has 1 heterocycles. The molecule has 0 radical (unpaired) electrons. The fourth-order valence-corrected chi connectivity index (χ4v) is 6.38. The summed E-state index contributed by atoms with van der Waals surface area (Å²) in [6, 6.07) is 5.42. The fraction of sp³-hybridized carbons (Fsp3) is 0.571. The van der Waals surface area contributed by atoms with Gasteiger partial charge in [0.2, 0.25) is 10.0 Å². The van der Waals surface area contributed by atoms with Gasteiger partial charge in [-0.25, -0.2) is 8.42 Å². The number of halogens is 1. The van der Waals surface area contributed by atoms with Gasteiger partial charge in [0.05, 0.1) is 4.90 Å². The number of benzene rings is 1. The smallest absolute Gasteiger partial charge is 0.244 e. The topological polar surface area (TPSA) is 49.4 Å². The second-order valence-electron chi connectivity index (χ2n) is 5.74. The van der Waals surface area contributed by atoms with Gasteiger partial charge in [-0.2, -0.15) is 16.1 Å². The molecule has 0 aliphatic carbocycles. The van der Waals surface area contributed by atoms with Crippen molar-refractivity contribution >= 4 is 37.7 Å². The molecule has 4 nitrogen and oxygen atoms in total. The van der Waals surface area contributed by atoms with Crippen molar-refractivity contribution in [2.75, 3.05) is 25.9 Å². The van der Waals surface area contributed by atoms with Gasteiger partial charge < -0.3 is 5.32 Å². The van der Waals surface area contributed by atoms with Gasteiger partial charge in [0, 0.05) is 34.6 Å². The number of sulfonamides is 1. The van der Waals surface area contributed by atoms with Crippen LogP contribution < -0.4 is 5.32 Å². The first-order chi connectivity index (χ1) is 9.76. The molecule has 1 aromatic carbocycles. The maximum atomic E-state index is 12.8. The average molecular weight is 393 g/mol. The maximum absolute atomic E-state index is 12.8. The Bertz CT molecular complexity index is 617. The van der Waals surface area contributed by atoms with Crippen LogP contribution in [0.3, 0.4) is 0 Å². The van der Waals surface area contributed by atoms with E-state index in [0.717, 1.165) is 11.3 Å². The zero-order valence-electron chi connectivity index (χ0n) is 12.5. The van der Waals surface area contributed by atoms with Crippen molar-refractivity contribution in [1.82, 2.24) is 9.62 Å². The summed E-state index contributed by atoms with van der Waals surface area (Å²) >= 11 is 5.23. The predicted octanol–water partition coefficient (Wildman–Crippen LogP) is 2.68. The Labute approximate surface area is 139 Å². The van der Waals surface area contributed by atoms with Crippen molar-refractivity contribution in [1.29, 1.82) is 0 Å². The highest BCUT2D eigenvalue weighted by molar-refractivity contribution is 9.10. The van der Waals surface area contributed by atoms with Crippen molar-refractivity contribution < 1.29 is 8.42 Å². The van der Waals surface area contributed by atoms with Gasteiger partial charge in [0.25, 0.3) is 0 Å². The summed E-state index contributed by atoms with van der Waals surface area (Å²) in [5.74, 6) is 0.835. The predicted molar refractivity (Wildman–Crippen MR) is 92.2 cm³/mol. The Hall–Kier alpha value is -0.0800. The van der Waals surface area contributed by atoms with Crippen molar-refractivity contribution in [3.63, 3.8) is 0 Å². The molecule has 0 aromatic heterocycles. The van der Waals surface area contributed by atoms with E-state index in [1.165, 1.54) is 0 Å². The van der Waals surface area contributed by atoms with Crippen LogP contribution in [0.1, 0.15) is 19.4 Å². The average Bonchev–Trinajstić information content (AvgIpc) is 2.37. The van der Waals surface area contributed by atoms with Gasteiger partial charge in [-0.3, -0.25) is 0 Å². The molecule has 1 aliphatic heterocycles. The van der Waals surface area contributed by atoms with Gasteiger partial charge in [0.15, 0.2) is 0 Å². The zero-order chi connectivity index (χ0) is 15.7. The van der Waals surface area contributed by atoms with Gasteiger partial charge in [-0.1, -0.05) is 6.07 Å². The highest BCUT2D eigenvalue weighted by Crippen LogP contribution is 2.34. The van der Waals surface area contributed by atoms with Crippen molar-refractivity contribution in [2.24, 2.45) is 0 Å². The molecule has 2 rings (SSSR count). The van der Waals surface area contributed by atoms with E-state index in [2.05, 4.69) is 35.1 Å². The monoisotopic (exact) mass is 392 g/mol. The minimum absolute atomic E-state index is 0.0378. The van der Waals surface area contributed by atoms with Crippen LogP contribution >= 0.6 is 27.7 Å². The van der Waals surface area contributed by atoms with E-state index in [9.17, 15) is 8.42 Å². The highest BCUT2D eigenvalue weighted by Gasteiger charge is 2.35. The molecule has 0 amide bonds. The molecule has 1 aromatic rings. The van der Waals surface area contributed by atoms with Gasteiger partial charge >= 0.3 is 0 Å². The molecule has 0 spiro atoms. The Morgan fingerprint density at radius 3 is 2.71 bits per heavy atom. The summed E-state index contributed by atoms with van der Waals surface area (Å²) < 4.78 is 27.9. The molecule has 1 saturated heterocycles. The minimum atomic E-state index is -3.44. The van der Waals surface area contributed by atoms with Crippen LogP contribution in [-0.4, -0.2) is 43.4 Å². The lowest BCUT2D eigenvalue weighted by atomic mass is 10.2. The van der Waals surface area contributed by atoms with Gasteiger partial charge in [-0.15, -0.1) is 0 Å². The molecule has 0 unspecified atom stereocenters. The molecule has 1 N–H and O–H groups in total. The number of thioether (sulfide) groups is 1. The zero-order valence-corrected chi connectivity index (χ0v) is 15.7. The maximum Gasteiger partial charge on any atom is 0.244 e. The van der Waals surface area contributed by atoms with E-state index < -0.39 is 10.0 Å². The van der Waals surface area contributed by atoms with Crippen molar-refractivity contribution in [3.05, 3.63) is 28.2 Å². The minimum Gasteiger partial charge on any atom is -0.316 e. The van der Waals surface area contributed by atoms with Crippen LogP contribution in [0.15, 0.2) is 27.6 Å². The Balaban J connectivity index is 2.31. The Kier molecular flexibility index (Phi) is 5.41. The van der Waals surface area contributed by atoms with Crippen LogP contribution in [0.5, 0.6) is 0 Å². The van der Waals surface area contributed by atoms with Crippen molar-refractivity contribution in [2.45, 2.75) is 30.0 Å². The van der Waals surface area contributed by atoms with Crippen LogP contribution in [0.25, 0.3) is 0 Å². The van der Waals surface area contributed by atoms with E-state index >= 15 is 0 Å². The second-order valence-corrected chi connectivity index (χ2v) is 10.3. The molecule has 0 bridgehead atoms. The summed E-state index contributed by atoms with van der Waals surface area (Å²) in [6.45, 7) is 6.01. The standard InChI is InChI=1S/C14H21BrN2O2S2/c1-14(2)10-17(6-7-20-14)21(18,19)13-5-4-11(9-16-3)8-12(13)15/h4-5,8,16H,6-7,9-10H2,1-3H3. The summed E-state index contributed by atoms with van der Waals surface area (Å²) in [5, 5.41) is 3.06. The summed E-state index contributed by atoms with van der Waals surface area (Å²) in [4.78, 5) is 0.352. The van der Waals surface area contributed by atoms with Crippen LogP contribution in [-0.2, 0) is 16.6 Å². The van der Waals surface area contributed by atoms with E-state index in [1.54, 1.807) is 10.4 Å². The van der Waals surface area contributed by atoms with Crippen LogP contribution in [0.4, 0.5) is 0 Å². The van der Waals surface area contributed by atoms with E-state index in [1.807, 2.05) is 30.9 Å². The summed E-state index contributed by atoms with van der Waals surface area (Å²) in [7, 11) is -1.58. The third kappa shape index (κ3) is 4.01. The lowest BCUT2D eigenvalue weighted by Crippen LogP contribution is -2.46. The molecular weight excluding hydrogens is 372 g/mol. The summed E-state index contributed by atoms with van der Waals surface area (Å²) in [5.41, 5.74) is 1.05. The van der Waals surface area contributed by atoms with E-state index in [0.29, 0.717) is 29.0 Å². The van der Waals surface area contributed by atoms with Gasteiger partial charge in [-0.05, 0) is 54.5 Å². The third-order valence-electron chi connectivity index (χ3n) is 3.39. The third-order valence-corrected chi connectivity index (χ3v) is 7.50. The number of nitrogens with one attached hydrogen (secondary N) is 1. The lowest BCUT2D eigenvalue weighted by molar-refractivity contribution is 0.387. The molecule has 0 saturated carbocycles. The van der Waals surface area contributed by atoms with Gasteiger partial charge in [0.1, 0.15) is 0 Å². The first kappa shape index (κ1) is 17.3. The molecule has 7 heteroatoms. The van der Waals surface area contributed by atoms with Crippen LogP contribution in [0, 0.1) is 0 Å². The SMILES string of the molecule is CNCc1ccc(S(=O)(=O)N2CCSC(C)(C)C2)c(Br)c1. The Morgan fingerprint density at radius 2 is 2.14 bits per heavy atom. The fourth-order valence-electron chi connectivity index (χ4n) is 2.39. The summed E-state index contributed by atoms with van der Waals surface area (Å²) in [6.07, 6.45) is 0. The molecule has 1 fully saturated rings. The first-order valence-corrected chi connectivity index (χ1v) is 10.1. The van der Waals surface area contributed by atoms with E-state index in [4.69, 9.17) is 0 Å². The molecule has 21 heavy (non-hydrogen) atoms. The van der Waals surface area contributed by atoms with Crippen molar-refractivity contribution in [3.8, 4) is 0 Å².